The zero-order valence-electron chi connectivity index (χ0n) is 32.9. The molecular formula is C56H37Br2IN2. The molecular weight excluding hydrogens is 987 g/mol. The van der Waals surface area contributed by atoms with E-state index >= 15 is 0 Å². The summed E-state index contributed by atoms with van der Waals surface area (Å²) in [5.74, 6) is 0. The Hall–Kier alpha value is -5.99. The quantitative estimate of drug-likeness (QED) is 0.170. The summed E-state index contributed by atoms with van der Waals surface area (Å²) in [5.41, 5.74) is 11.1. The molecule has 0 amide bonds. The number of halogens is 3. The van der Waals surface area contributed by atoms with Gasteiger partial charge in [0.2, 0.25) is 0 Å². The van der Waals surface area contributed by atoms with Crippen molar-refractivity contribution in [1.82, 2.24) is 9.55 Å². The molecule has 1 N–H and O–H groups in total. The molecule has 0 saturated carbocycles. The van der Waals surface area contributed by atoms with Gasteiger partial charge in [0.15, 0.2) is 0 Å². The maximum Gasteiger partial charge on any atom is 0.0619 e. The number of nitrogens with one attached hydrogen (secondary N) is 1. The number of aromatic nitrogens is 2. The van der Waals surface area contributed by atoms with E-state index in [2.05, 4.69) is 276 Å². The molecule has 0 unspecified atom stereocenters. The van der Waals surface area contributed by atoms with Gasteiger partial charge in [-0.2, -0.15) is 0 Å². The van der Waals surface area contributed by atoms with Crippen LogP contribution >= 0.6 is 54.5 Å². The van der Waals surface area contributed by atoms with Gasteiger partial charge >= 0.3 is 0 Å². The Morgan fingerprint density at radius 1 is 0.377 bits per heavy atom. The Kier molecular flexibility index (Phi) is 11.0. The summed E-state index contributed by atoms with van der Waals surface area (Å²) < 4.78 is 5.90. The molecule has 0 atom stereocenters. The summed E-state index contributed by atoms with van der Waals surface area (Å²) >= 11 is 9.54. The van der Waals surface area contributed by atoms with E-state index in [1.54, 1.807) is 0 Å². The second-order valence-electron chi connectivity index (χ2n) is 15.0. The van der Waals surface area contributed by atoms with Crippen molar-refractivity contribution in [3.05, 3.63) is 231 Å². The number of H-pyrrole nitrogens is 1. The van der Waals surface area contributed by atoms with Gasteiger partial charge in [0.1, 0.15) is 0 Å². The third-order valence-electron chi connectivity index (χ3n) is 11.2. The number of nitrogens with zero attached hydrogens (tertiary/aromatic N) is 1. The van der Waals surface area contributed by atoms with Crippen LogP contribution in [0.25, 0.3) is 93.1 Å². The fourth-order valence-corrected chi connectivity index (χ4v) is 9.65. The molecule has 0 spiro atoms. The molecule has 0 fully saturated rings. The first kappa shape index (κ1) is 39.2. The van der Waals surface area contributed by atoms with Crippen molar-refractivity contribution < 1.29 is 0 Å². The molecule has 0 bridgehead atoms. The lowest BCUT2D eigenvalue weighted by Crippen LogP contribution is -1.95. The van der Waals surface area contributed by atoms with Crippen LogP contribution < -0.4 is 0 Å². The molecule has 0 aliphatic carbocycles. The summed E-state index contributed by atoms with van der Waals surface area (Å²) in [6.07, 6.45) is 0. The van der Waals surface area contributed by atoms with Crippen molar-refractivity contribution in [3.63, 3.8) is 0 Å². The zero-order chi connectivity index (χ0) is 41.3. The van der Waals surface area contributed by atoms with Gasteiger partial charge in [-0.25, -0.2) is 0 Å². The molecule has 12 aromatic rings. The van der Waals surface area contributed by atoms with E-state index in [-0.39, 0.29) is 0 Å². The van der Waals surface area contributed by atoms with Gasteiger partial charge in [-0.3, -0.25) is 0 Å². The Morgan fingerprint density at radius 2 is 0.934 bits per heavy atom. The van der Waals surface area contributed by atoms with Gasteiger partial charge in [-0.05, 0) is 116 Å². The van der Waals surface area contributed by atoms with E-state index in [1.807, 2.05) is 6.07 Å². The molecule has 0 radical (unpaired) electrons. The number of benzene rings is 10. The van der Waals surface area contributed by atoms with Crippen molar-refractivity contribution in [3.8, 4) is 27.9 Å². The monoisotopic (exact) mass is 1020 g/mol. The molecule has 0 aliphatic rings. The Bertz CT molecular complexity index is 3520. The third kappa shape index (κ3) is 7.90. The van der Waals surface area contributed by atoms with E-state index in [4.69, 9.17) is 0 Å². The van der Waals surface area contributed by atoms with E-state index in [9.17, 15) is 0 Å². The van der Waals surface area contributed by atoms with Gasteiger partial charge in [-0.1, -0.05) is 190 Å². The first-order valence-electron chi connectivity index (χ1n) is 20.2. The highest BCUT2D eigenvalue weighted by Gasteiger charge is 2.16. The van der Waals surface area contributed by atoms with Crippen molar-refractivity contribution in [2.24, 2.45) is 0 Å². The molecule has 5 heteroatoms. The van der Waals surface area contributed by atoms with Crippen molar-refractivity contribution >= 4 is 120 Å². The van der Waals surface area contributed by atoms with Crippen LogP contribution in [0.5, 0.6) is 0 Å². The second-order valence-corrected chi connectivity index (χ2v) is 18.1. The van der Waals surface area contributed by atoms with Crippen molar-refractivity contribution in [2.75, 3.05) is 0 Å². The average Bonchev–Trinajstić information content (AvgIpc) is 3.85. The van der Waals surface area contributed by atoms with Crippen LogP contribution in [0.3, 0.4) is 0 Å². The normalized spacial score (nSPS) is 11.2. The Labute approximate surface area is 384 Å². The molecule has 10 aromatic carbocycles. The highest BCUT2D eigenvalue weighted by atomic mass is 127. The predicted octanol–water partition coefficient (Wildman–Crippen LogP) is 17.6. The van der Waals surface area contributed by atoms with Crippen LogP contribution in [0.2, 0.25) is 0 Å². The SMILES string of the molecule is Brc1ccc2[nH]c3c4ccccc4ccc3c2c1.Brc1ccc2c(c1)c1ccc3ccccc3c1n2-c1cccc(-c2ccccc2)c1.Ic1cccc(-c2ccccc2)c1. The first-order chi connectivity index (χ1) is 30.0. The molecule has 2 nitrogen and oxygen atoms in total. The highest BCUT2D eigenvalue weighted by Crippen LogP contribution is 2.39. The minimum absolute atomic E-state index is 1.10. The van der Waals surface area contributed by atoms with Crippen LogP contribution in [0.1, 0.15) is 0 Å². The van der Waals surface area contributed by atoms with E-state index < -0.39 is 0 Å². The largest absolute Gasteiger partial charge is 0.354 e. The second kappa shape index (κ2) is 17.2. The van der Waals surface area contributed by atoms with Crippen molar-refractivity contribution in [1.29, 1.82) is 0 Å². The maximum absolute atomic E-state index is 3.67. The summed E-state index contributed by atoms with van der Waals surface area (Å²) in [6.45, 7) is 0. The fraction of sp³-hybridized carbons (Fsp3) is 0. The standard InChI is InChI=1S/C28H18BrN.C16H10BrN.C12H9I/c29-22-14-16-27-26(18-22)25-15-13-20-9-4-5-12-24(20)28(25)30(27)23-11-6-10-21(17-23)19-7-2-1-3-8-19;17-11-6-8-15-14(9-11)13-7-5-10-3-1-2-4-12(10)16(13)18-15;13-12-8-4-7-11(9-12)10-5-2-1-3-6-10/h1-18H;1-9,18H;1-9H. The number of rotatable bonds is 3. The minimum atomic E-state index is 1.10. The summed E-state index contributed by atoms with van der Waals surface area (Å²) in [5, 5.41) is 10.2. The highest BCUT2D eigenvalue weighted by molar-refractivity contribution is 14.1. The van der Waals surface area contributed by atoms with Gasteiger partial charge in [0, 0.05) is 56.0 Å². The van der Waals surface area contributed by atoms with Crippen LogP contribution in [-0.2, 0) is 0 Å². The molecule has 12 rings (SSSR count). The van der Waals surface area contributed by atoms with Crippen LogP contribution in [0.15, 0.2) is 227 Å². The molecule has 292 valence electrons. The smallest absolute Gasteiger partial charge is 0.0619 e. The molecule has 0 aliphatic heterocycles. The number of aromatic amines is 1. The van der Waals surface area contributed by atoms with Crippen LogP contribution in [0.4, 0.5) is 0 Å². The third-order valence-corrected chi connectivity index (χ3v) is 12.9. The van der Waals surface area contributed by atoms with Crippen LogP contribution in [0, 0.1) is 3.57 Å². The lowest BCUT2D eigenvalue weighted by atomic mass is 10.0. The average molecular weight is 1020 g/mol. The summed E-state index contributed by atoms with van der Waals surface area (Å²) in [4.78, 5) is 3.53. The van der Waals surface area contributed by atoms with E-state index in [0.29, 0.717) is 0 Å². The van der Waals surface area contributed by atoms with Gasteiger partial charge < -0.3 is 9.55 Å². The first-order valence-corrected chi connectivity index (χ1v) is 22.8. The summed E-state index contributed by atoms with van der Waals surface area (Å²) in [6, 6.07) is 77.3. The van der Waals surface area contributed by atoms with Crippen LogP contribution in [-0.4, -0.2) is 9.55 Å². The number of hydrogen-bond acceptors (Lipinski definition) is 0. The molecule has 61 heavy (non-hydrogen) atoms. The Balaban J connectivity index is 0.000000121. The minimum Gasteiger partial charge on any atom is -0.354 e. The Morgan fingerprint density at radius 3 is 1.64 bits per heavy atom. The lowest BCUT2D eigenvalue weighted by Gasteiger charge is -2.12. The van der Waals surface area contributed by atoms with Gasteiger partial charge in [0.25, 0.3) is 0 Å². The zero-order valence-corrected chi connectivity index (χ0v) is 38.2. The number of hydrogen-bond donors (Lipinski definition) is 1. The van der Waals surface area contributed by atoms with E-state index in [0.717, 1.165) is 8.95 Å². The van der Waals surface area contributed by atoms with E-state index in [1.165, 1.54) is 96.7 Å². The van der Waals surface area contributed by atoms with Gasteiger partial charge in [0.05, 0.1) is 16.6 Å². The lowest BCUT2D eigenvalue weighted by molar-refractivity contribution is 1.19. The van der Waals surface area contributed by atoms with Gasteiger partial charge in [-0.15, -0.1) is 0 Å². The van der Waals surface area contributed by atoms with Crippen molar-refractivity contribution in [2.45, 2.75) is 0 Å². The molecule has 0 saturated heterocycles. The number of fused-ring (bicyclic) bond motifs is 10. The maximum atomic E-state index is 3.67. The topological polar surface area (TPSA) is 20.7 Å². The summed E-state index contributed by atoms with van der Waals surface area (Å²) in [7, 11) is 0. The fourth-order valence-electron chi connectivity index (χ4n) is 8.39. The molecule has 2 heterocycles. The predicted molar refractivity (Wildman–Crippen MR) is 277 cm³/mol. The molecule has 2 aromatic heterocycles.